The number of hydrogen-bond acceptors (Lipinski definition) is 2. The number of aromatic nitrogens is 1. The molecule has 0 N–H and O–H groups in total. The fourth-order valence-electron chi connectivity index (χ4n) is 1.53. The predicted molar refractivity (Wildman–Crippen MR) is 69.4 cm³/mol. The van der Waals surface area contributed by atoms with E-state index in [2.05, 4.69) is 15.9 Å². The molecule has 4 heteroatoms. The number of halogens is 1. The van der Waals surface area contributed by atoms with Crippen LogP contribution in [0, 0.1) is 0 Å². The molecule has 17 heavy (non-hydrogen) atoms. The molecule has 2 rings (SSSR count). The van der Waals surface area contributed by atoms with E-state index in [0.717, 1.165) is 4.47 Å². The summed E-state index contributed by atoms with van der Waals surface area (Å²) in [6.45, 7) is 0.0499. The molecule has 3 nitrogen and oxygen atoms in total. The van der Waals surface area contributed by atoms with Gasteiger partial charge in [-0.2, -0.15) is 0 Å². The summed E-state index contributed by atoms with van der Waals surface area (Å²) >= 11 is 3.35. The lowest BCUT2D eigenvalue weighted by Gasteiger charge is -2.06. The third kappa shape index (κ3) is 2.97. The summed E-state index contributed by atoms with van der Waals surface area (Å²) in [5, 5.41) is 0. The fraction of sp³-hybridized carbons (Fsp3) is 0.154. The number of benzene rings is 1. The minimum Gasteiger partial charge on any atom is -0.485 e. The van der Waals surface area contributed by atoms with Gasteiger partial charge in [0.1, 0.15) is 5.75 Å². The first-order chi connectivity index (χ1) is 8.16. The lowest BCUT2D eigenvalue weighted by atomic mass is 10.3. The van der Waals surface area contributed by atoms with Crippen molar-refractivity contribution in [2.45, 2.75) is 0 Å². The summed E-state index contributed by atoms with van der Waals surface area (Å²) in [5.74, 6) is 0.652. The number of aryl methyl sites for hydroxylation is 1. The van der Waals surface area contributed by atoms with E-state index >= 15 is 0 Å². The third-order valence-corrected chi connectivity index (χ3v) is 2.89. The van der Waals surface area contributed by atoms with Crippen LogP contribution in [0.2, 0.25) is 0 Å². The average Bonchev–Trinajstić information content (AvgIpc) is 2.72. The van der Waals surface area contributed by atoms with E-state index < -0.39 is 0 Å². The van der Waals surface area contributed by atoms with Gasteiger partial charge in [0.15, 0.2) is 6.61 Å². The first-order valence-corrected chi connectivity index (χ1v) is 5.99. The molecule has 1 heterocycles. The number of carbonyl (C=O) groups is 1. The van der Waals surface area contributed by atoms with Crippen LogP contribution in [0.1, 0.15) is 10.5 Å². The molecule has 2 aromatic rings. The Kier molecular flexibility index (Phi) is 3.64. The number of rotatable bonds is 4. The van der Waals surface area contributed by atoms with E-state index in [1.54, 1.807) is 10.6 Å². The molecule has 0 aliphatic heterocycles. The highest BCUT2D eigenvalue weighted by atomic mass is 79.9. The van der Waals surface area contributed by atoms with Gasteiger partial charge in [-0.1, -0.05) is 22.0 Å². The molecule has 0 spiro atoms. The van der Waals surface area contributed by atoms with Crippen molar-refractivity contribution in [2.24, 2.45) is 7.05 Å². The number of Topliss-reactive ketones (excluding diaryl/α,β-unsaturated/α-hetero) is 1. The van der Waals surface area contributed by atoms with Crippen molar-refractivity contribution in [1.29, 1.82) is 0 Å². The van der Waals surface area contributed by atoms with Crippen molar-refractivity contribution in [3.8, 4) is 5.75 Å². The largest absolute Gasteiger partial charge is 0.485 e. The van der Waals surface area contributed by atoms with Gasteiger partial charge in [0, 0.05) is 17.7 Å². The van der Waals surface area contributed by atoms with Crippen molar-refractivity contribution in [3.63, 3.8) is 0 Å². The lowest BCUT2D eigenvalue weighted by Crippen LogP contribution is -2.14. The second-order valence-electron chi connectivity index (χ2n) is 3.67. The van der Waals surface area contributed by atoms with Crippen molar-refractivity contribution in [1.82, 2.24) is 4.57 Å². The highest BCUT2D eigenvalue weighted by Gasteiger charge is 2.09. The van der Waals surface area contributed by atoms with Gasteiger partial charge in [0.2, 0.25) is 5.78 Å². The highest BCUT2D eigenvalue weighted by molar-refractivity contribution is 9.10. The van der Waals surface area contributed by atoms with Gasteiger partial charge in [0.05, 0.1) is 5.69 Å². The molecule has 0 radical (unpaired) electrons. The maximum absolute atomic E-state index is 11.8. The molecular weight excluding hydrogens is 282 g/mol. The Morgan fingerprint density at radius 2 is 2.18 bits per heavy atom. The van der Waals surface area contributed by atoms with Crippen LogP contribution in [0.25, 0.3) is 0 Å². The molecule has 0 saturated carbocycles. The molecule has 0 fully saturated rings. The van der Waals surface area contributed by atoms with Crippen molar-refractivity contribution < 1.29 is 9.53 Å². The molecule has 1 aromatic heterocycles. The van der Waals surface area contributed by atoms with Gasteiger partial charge in [-0.25, -0.2) is 0 Å². The van der Waals surface area contributed by atoms with Crippen LogP contribution < -0.4 is 4.74 Å². The zero-order valence-corrected chi connectivity index (χ0v) is 11.0. The van der Waals surface area contributed by atoms with E-state index in [9.17, 15) is 4.79 Å². The van der Waals surface area contributed by atoms with Gasteiger partial charge < -0.3 is 9.30 Å². The Hall–Kier alpha value is -1.55. The first-order valence-electron chi connectivity index (χ1n) is 5.20. The van der Waals surface area contributed by atoms with Gasteiger partial charge in [0.25, 0.3) is 0 Å². The standard InChI is InChI=1S/C13H12BrNO2/c1-15-7-3-6-12(15)13(16)9-17-11-5-2-4-10(14)8-11/h2-8H,9H2,1H3. The zero-order valence-electron chi connectivity index (χ0n) is 9.39. The van der Waals surface area contributed by atoms with Crippen LogP contribution in [-0.4, -0.2) is 17.0 Å². The van der Waals surface area contributed by atoms with E-state index in [4.69, 9.17) is 4.74 Å². The Morgan fingerprint density at radius 3 is 2.82 bits per heavy atom. The number of nitrogens with zero attached hydrogens (tertiary/aromatic N) is 1. The molecule has 0 amide bonds. The smallest absolute Gasteiger partial charge is 0.216 e. The molecule has 1 aromatic carbocycles. The molecule has 88 valence electrons. The molecule has 0 aliphatic carbocycles. The summed E-state index contributed by atoms with van der Waals surface area (Å²) in [7, 11) is 1.84. The third-order valence-electron chi connectivity index (χ3n) is 2.40. The Bertz CT molecular complexity index is 534. The molecule has 0 aliphatic rings. The maximum atomic E-state index is 11.8. The summed E-state index contributed by atoms with van der Waals surface area (Å²) < 4.78 is 8.15. The van der Waals surface area contributed by atoms with Crippen molar-refractivity contribution >= 4 is 21.7 Å². The summed E-state index contributed by atoms with van der Waals surface area (Å²) in [5.41, 5.74) is 0.653. The predicted octanol–water partition coefficient (Wildman–Crippen LogP) is 3.05. The lowest BCUT2D eigenvalue weighted by molar-refractivity contribution is 0.0913. The fourth-order valence-corrected chi connectivity index (χ4v) is 1.91. The quantitative estimate of drug-likeness (QED) is 0.812. The molecule has 0 bridgehead atoms. The minimum atomic E-state index is -0.0301. The highest BCUT2D eigenvalue weighted by Crippen LogP contribution is 2.17. The SMILES string of the molecule is Cn1cccc1C(=O)COc1cccc(Br)c1. The average molecular weight is 294 g/mol. The van der Waals surface area contributed by atoms with Gasteiger partial charge in [-0.05, 0) is 30.3 Å². The number of hydrogen-bond donors (Lipinski definition) is 0. The second kappa shape index (κ2) is 5.19. The monoisotopic (exact) mass is 293 g/mol. The molecule has 0 atom stereocenters. The Balaban J connectivity index is 1.99. The van der Waals surface area contributed by atoms with E-state index in [-0.39, 0.29) is 12.4 Å². The van der Waals surface area contributed by atoms with Crippen LogP contribution in [-0.2, 0) is 7.05 Å². The van der Waals surface area contributed by atoms with Gasteiger partial charge >= 0.3 is 0 Å². The summed E-state index contributed by atoms with van der Waals surface area (Å²) in [6, 6.07) is 11.1. The molecule has 0 unspecified atom stereocenters. The molecular formula is C13H12BrNO2. The normalized spacial score (nSPS) is 10.2. The summed E-state index contributed by atoms with van der Waals surface area (Å²) in [4.78, 5) is 11.8. The second-order valence-corrected chi connectivity index (χ2v) is 4.59. The Labute approximate surface area is 108 Å². The minimum absolute atomic E-state index is 0.0301. The first kappa shape index (κ1) is 11.9. The zero-order chi connectivity index (χ0) is 12.3. The maximum Gasteiger partial charge on any atom is 0.216 e. The number of ketones is 1. The van der Waals surface area contributed by atoms with Gasteiger partial charge in [-0.3, -0.25) is 4.79 Å². The van der Waals surface area contributed by atoms with Crippen LogP contribution in [0.4, 0.5) is 0 Å². The van der Waals surface area contributed by atoms with E-state index in [0.29, 0.717) is 11.4 Å². The summed E-state index contributed by atoms with van der Waals surface area (Å²) in [6.07, 6.45) is 1.84. The van der Waals surface area contributed by atoms with Gasteiger partial charge in [-0.15, -0.1) is 0 Å². The van der Waals surface area contributed by atoms with Crippen molar-refractivity contribution in [2.75, 3.05) is 6.61 Å². The Morgan fingerprint density at radius 1 is 1.35 bits per heavy atom. The van der Waals surface area contributed by atoms with E-state index in [1.807, 2.05) is 43.6 Å². The van der Waals surface area contributed by atoms with Crippen LogP contribution in [0.5, 0.6) is 5.75 Å². The van der Waals surface area contributed by atoms with Crippen molar-refractivity contribution in [3.05, 3.63) is 52.8 Å². The number of ether oxygens (including phenoxy) is 1. The number of carbonyl (C=O) groups excluding carboxylic acids is 1. The molecule has 0 saturated heterocycles. The van der Waals surface area contributed by atoms with E-state index in [1.165, 1.54) is 0 Å². The van der Waals surface area contributed by atoms with Crippen LogP contribution in [0.15, 0.2) is 47.1 Å². The van der Waals surface area contributed by atoms with Crippen LogP contribution >= 0.6 is 15.9 Å². The van der Waals surface area contributed by atoms with Crippen LogP contribution in [0.3, 0.4) is 0 Å². The topological polar surface area (TPSA) is 31.2 Å².